The van der Waals surface area contributed by atoms with E-state index in [1.807, 2.05) is 30.3 Å². The van der Waals surface area contributed by atoms with Crippen LogP contribution in [0.25, 0.3) is 11.3 Å². The van der Waals surface area contributed by atoms with Crippen LogP contribution in [0.2, 0.25) is 0 Å². The Hall–Kier alpha value is -3.08. The number of anilines is 1. The van der Waals surface area contributed by atoms with Crippen molar-refractivity contribution in [2.45, 2.75) is 38.5 Å². The Balaban J connectivity index is 1.55. The minimum absolute atomic E-state index is 0.172. The smallest absolute Gasteiger partial charge is 0.229 e. The average molecular weight is 389 g/mol. The molecule has 1 heterocycles. The Labute approximate surface area is 170 Å². The van der Waals surface area contributed by atoms with Crippen molar-refractivity contribution in [2.24, 2.45) is 5.92 Å². The molecule has 0 unspecified atom stereocenters. The molecule has 0 aliphatic heterocycles. The van der Waals surface area contributed by atoms with Gasteiger partial charge in [0.25, 0.3) is 0 Å². The van der Waals surface area contributed by atoms with Gasteiger partial charge in [0.1, 0.15) is 5.82 Å². The molecule has 4 nitrogen and oxygen atoms in total. The van der Waals surface area contributed by atoms with Crippen molar-refractivity contribution in [2.75, 3.05) is 5.32 Å². The highest BCUT2D eigenvalue weighted by Gasteiger charge is 2.20. The first-order valence-electron chi connectivity index (χ1n) is 10.1. The SMILES string of the molecule is O=C(Cc1ccc(F)cc1)Nc1ncc(-c2ccccc2)nc1CC1CCCC1. The van der Waals surface area contributed by atoms with E-state index >= 15 is 0 Å². The van der Waals surface area contributed by atoms with Gasteiger partial charge in [-0.05, 0) is 30.0 Å². The molecule has 1 fully saturated rings. The second-order valence-electron chi connectivity index (χ2n) is 7.62. The zero-order chi connectivity index (χ0) is 20.1. The molecule has 0 bridgehead atoms. The number of amides is 1. The van der Waals surface area contributed by atoms with Crippen molar-refractivity contribution in [1.82, 2.24) is 9.97 Å². The van der Waals surface area contributed by atoms with Crippen LogP contribution in [0.5, 0.6) is 0 Å². The summed E-state index contributed by atoms with van der Waals surface area (Å²) in [5.41, 5.74) is 3.42. The maximum atomic E-state index is 13.1. The van der Waals surface area contributed by atoms with E-state index < -0.39 is 0 Å². The van der Waals surface area contributed by atoms with Crippen LogP contribution >= 0.6 is 0 Å². The highest BCUT2D eigenvalue weighted by atomic mass is 19.1. The normalized spacial score (nSPS) is 14.1. The predicted octanol–water partition coefficient (Wildman–Crippen LogP) is 5.20. The molecular weight excluding hydrogens is 365 g/mol. The molecule has 5 heteroatoms. The average Bonchev–Trinajstić information content (AvgIpc) is 3.25. The summed E-state index contributed by atoms with van der Waals surface area (Å²) in [5, 5.41) is 2.92. The highest BCUT2D eigenvalue weighted by Crippen LogP contribution is 2.30. The van der Waals surface area contributed by atoms with E-state index in [1.165, 1.54) is 37.8 Å². The Kier molecular flexibility index (Phi) is 5.94. The summed E-state index contributed by atoms with van der Waals surface area (Å²) in [6, 6.07) is 15.9. The van der Waals surface area contributed by atoms with Crippen molar-refractivity contribution in [3.8, 4) is 11.3 Å². The molecule has 0 saturated heterocycles. The molecule has 1 aliphatic carbocycles. The summed E-state index contributed by atoms with van der Waals surface area (Å²) in [6.07, 6.45) is 7.60. The lowest BCUT2D eigenvalue weighted by Gasteiger charge is -2.14. The second-order valence-corrected chi connectivity index (χ2v) is 7.62. The van der Waals surface area contributed by atoms with Crippen LogP contribution in [0.4, 0.5) is 10.2 Å². The molecule has 1 N–H and O–H groups in total. The number of nitrogens with one attached hydrogen (secondary N) is 1. The molecule has 4 rings (SSSR count). The van der Waals surface area contributed by atoms with Crippen molar-refractivity contribution in [3.05, 3.63) is 77.9 Å². The molecule has 1 aromatic heterocycles. The highest BCUT2D eigenvalue weighted by molar-refractivity contribution is 5.92. The van der Waals surface area contributed by atoms with E-state index in [0.717, 1.165) is 28.9 Å². The van der Waals surface area contributed by atoms with Crippen LogP contribution in [-0.2, 0) is 17.6 Å². The topological polar surface area (TPSA) is 54.9 Å². The van der Waals surface area contributed by atoms with Crippen LogP contribution in [0.1, 0.15) is 36.9 Å². The Bertz CT molecular complexity index is 967. The molecule has 29 heavy (non-hydrogen) atoms. The molecule has 0 radical (unpaired) electrons. The van der Waals surface area contributed by atoms with Gasteiger partial charge in [-0.1, -0.05) is 68.1 Å². The third-order valence-corrected chi connectivity index (χ3v) is 5.41. The maximum Gasteiger partial charge on any atom is 0.229 e. The minimum Gasteiger partial charge on any atom is -0.309 e. The summed E-state index contributed by atoms with van der Waals surface area (Å²) < 4.78 is 13.1. The van der Waals surface area contributed by atoms with Gasteiger partial charge in [0.05, 0.1) is 24.0 Å². The number of rotatable bonds is 6. The van der Waals surface area contributed by atoms with Gasteiger partial charge in [0, 0.05) is 5.56 Å². The van der Waals surface area contributed by atoms with Crippen molar-refractivity contribution >= 4 is 11.7 Å². The van der Waals surface area contributed by atoms with Gasteiger partial charge in [-0.3, -0.25) is 4.79 Å². The number of hydrogen-bond donors (Lipinski definition) is 1. The molecule has 0 spiro atoms. The van der Waals surface area contributed by atoms with Gasteiger partial charge in [0.15, 0.2) is 5.82 Å². The fourth-order valence-corrected chi connectivity index (χ4v) is 3.87. The summed E-state index contributed by atoms with van der Waals surface area (Å²) in [7, 11) is 0. The minimum atomic E-state index is -0.310. The zero-order valence-electron chi connectivity index (χ0n) is 16.3. The number of benzene rings is 2. The second kappa shape index (κ2) is 8.95. The van der Waals surface area contributed by atoms with Crippen LogP contribution in [0, 0.1) is 11.7 Å². The number of hydrogen-bond acceptors (Lipinski definition) is 3. The zero-order valence-corrected chi connectivity index (χ0v) is 16.3. The maximum absolute atomic E-state index is 13.1. The molecule has 2 aromatic carbocycles. The van der Waals surface area contributed by atoms with E-state index in [9.17, 15) is 9.18 Å². The molecule has 1 aliphatic rings. The number of aromatic nitrogens is 2. The predicted molar refractivity (Wildman–Crippen MR) is 112 cm³/mol. The molecule has 0 atom stereocenters. The summed E-state index contributed by atoms with van der Waals surface area (Å²) in [6.45, 7) is 0. The van der Waals surface area contributed by atoms with Crippen LogP contribution < -0.4 is 5.32 Å². The third kappa shape index (κ3) is 5.05. The Morgan fingerprint density at radius 1 is 1.03 bits per heavy atom. The first-order valence-corrected chi connectivity index (χ1v) is 10.1. The van der Waals surface area contributed by atoms with Crippen molar-refractivity contribution < 1.29 is 9.18 Å². The van der Waals surface area contributed by atoms with E-state index in [1.54, 1.807) is 18.3 Å². The number of carbonyl (C=O) groups excluding carboxylic acids is 1. The molecule has 3 aromatic rings. The summed E-state index contributed by atoms with van der Waals surface area (Å²) in [5.74, 6) is 0.633. The summed E-state index contributed by atoms with van der Waals surface area (Å²) in [4.78, 5) is 21.9. The number of nitrogens with zero attached hydrogens (tertiary/aromatic N) is 2. The Morgan fingerprint density at radius 3 is 2.48 bits per heavy atom. The van der Waals surface area contributed by atoms with E-state index in [-0.39, 0.29) is 18.1 Å². The largest absolute Gasteiger partial charge is 0.309 e. The first kappa shape index (κ1) is 19.2. The fourth-order valence-electron chi connectivity index (χ4n) is 3.87. The first-order chi connectivity index (χ1) is 14.2. The third-order valence-electron chi connectivity index (χ3n) is 5.41. The van der Waals surface area contributed by atoms with Crippen molar-refractivity contribution in [1.29, 1.82) is 0 Å². The number of halogens is 1. The van der Waals surface area contributed by atoms with E-state index in [0.29, 0.717) is 11.7 Å². The standard InChI is InChI=1S/C24H24FN3O/c25-20-12-10-18(11-13-20)15-23(29)28-24-21(14-17-6-4-5-7-17)27-22(16-26-24)19-8-2-1-3-9-19/h1-3,8-13,16-17H,4-7,14-15H2,(H,26,28,29). The molecule has 148 valence electrons. The van der Waals surface area contributed by atoms with Crippen molar-refractivity contribution in [3.63, 3.8) is 0 Å². The van der Waals surface area contributed by atoms with E-state index in [4.69, 9.17) is 4.98 Å². The van der Waals surface area contributed by atoms with Gasteiger partial charge in [-0.2, -0.15) is 0 Å². The lowest BCUT2D eigenvalue weighted by molar-refractivity contribution is -0.115. The molecule has 1 amide bonds. The molecule has 1 saturated carbocycles. The lowest BCUT2D eigenvalue weighted by Crippen LogP contribution is -2.18. The lowest BCUT2D eigenvalue weighted by atomic mass is 10.0. The van der Waals surface area contributed by atoms with Gasteiger partial charge in [-0.15, -0.1) is 0 Å². The van der Waals surface area contributed by atoms with Crippen LogP contribution in [0.3, 0.4) is 0 Å². The molecular formula is C24H24FN3O. The Morgan fingerprint density at radius 2 is 1.76 bits per heavy atom. The fraction of sp³-hybridized carbons (Fsp3) is 0.292. The number of carbonyl (C=O) groups is 1. The van der Waals surface area contributed by atoms with Crippen LogP contribution in [-0.4, -0.2) is 15.9 Å². The summed E-state index contributed by atoms with van der Waals surface area (Å²) >= 11 is 0. The van der Waals surface area contributed by atoms with Gasteiger partial charge in [-0.25, -0.2) is 14.4 Å². The van der Waals surface area contributed by atoms with E-state index in [2.05, 4.69) is 10.3 Å². The van der Waals surface area contributed by atoms with Gasteiger partial charge in [0.2, 0.25) is 5.91 Å². The van der Waals surface area contributed by atoms with Crippen LogP contribution in [0.15, 0.2) is 60.8 Å². The van der Waals surface area contributed by atoms with Gasteiger partial charge < -0.3 is 5.32 Å². The van der Waals surface area contributed by atoms with Gasteiger partial charge >= 0.3 is 0 Å². The monoisotopic (exact) mass is 389 g/mol. The quantitative estimate of drug-likeness (QED) is 0.631.